The highest BCUT2D eigenvalue weighted by Crippen LogP contribution is 2.07. The lowest BCUT2D eigenvalue weighted by Gasteiger charge is -1.97. The maximum atomic E-state index is 5.22. The number of nitrogens with zero attached hydrogens (tertiary/aromatic N) is 2. The first-order chi connectivity index (χ1) is 6.84. The second-order valence-electron chi connectivity index (χ2n) is 2.90. The standard InChI is InChI=1S/C9H11N3OS/c1-7-11-12-9(13-7)6-10-5-8-3-2-4-14-8/h2-4,10H,5-6H2,1H3. The Morgan fingerprint density at radius 3 is 3.00 bits per heavy atom. The summed E-state index contributed by atoms with van der Waals surface area (Å²) in [6.45, 7) is 3.26. The Morgan fingerprint density at radius 1 is 1.43 bits per heavy atom. The van der Waals surface area contributed by atoms with Crippen molar-refractivity contribution in [3.8, 4) is 0 Å². The molecule has 0 atom stereocenters. The molecule has 0 spiro atoms. The molecule has 0 aromatic carbocycles. The minimum absolute atomic E-state index is 0.609. The van der Waals surface area contributed by atoms with Gasteiger partial charge in [-0.05, 0) is 11.4 Å². The molecule has 0 saturated carbocycles. The Hall–Kier alpha value is -1.20. The minimum atomic E-state index is 0.609. The second kappa shape index (κ2) is 4.34. The molecule has 2 aromatic heterocycles. The third-order valence-corrected chi connectivity index (χ3v) is 2.60. The Kier molecular flexibility index (Phi) is 2.90. The zero-order chi connectivity index (χ0) is 9.80. The van der Waals surface area contributed by atoms with Crippen LogP contribution in [-0.2, 0) is 13.1 Å². The highest BCUT2D eigenvalue weighted by Gasteiger charge is 2.01. The largest absolute Gasteiger partial charge is 0.424 e. The van der Waals surface area contributed by atoms with Gasteiger partial charge in [0, 0.05) is 18.3 Å². The van der Waals surface area contributed by atoms with Crippen molar-refractivity contribution < 1.29 is 4.42 Å². The number of hydrogen-bond donors (Lipinski definition) is 1. The molecule has 4 nitrogen and oxygen atoms in total. The first-order valence-electron chi connectivity index (χ1n) is 4.36. The average Bonchev–Trinajstić information content (AvgIpc) is 2.77. The van der Waals surface area contributed by atoms with Gasteiger partial charge in [0.15, 0.2) is 0 Å². The number of rotatable bonds is 4. The van der Waals surface area contributed by atoms with Gasteiger partial charge in [0.1, 0.15) is 0 Å². The molecule has 0 radical (unpaired) electrons. The van der Waals surface area contributed by atoms with E-state index in [9.17, 15) is 0 Å². The van der Waals surface area contributed by atoms with E-state index in [1.165, 1.54) is 4.88 Å². The zero-order valence-electron chi connectivity index (χ0n) is 7.86. The minimum Gasteiger partial charge on any atom is -0.424 e. The van der Waals surface area contributed by atoms with Gasteiger partial charge in [-0.3, -0.25) is 0 Å². The maximum absolute atomic E-state index is 5.22. The van der Waals surface area contributed by atoms with E-state index in [0.29, 0.717) is 18.3 Å². The van der Waals surface area contributed by atoms with Gasteiger partial charge < -0.3 is 9.73 Å². The predicted molar refractivity (Wildman–Crippen MR) is 53.9 cm³/mol. The molecule has 1 N–H and O–H groups in total. The van der Waals surface area contributed by atoms with Crippen molar-refractivity contribution in [2.45, 2.75) is 20.0 Å². The fourth-order valence-corrected chi connectivity index (χ4v) is 1.79. The topological polar surface area (TPSA) is 51.0 Å². The molecule has 0 aliphatic heterocycles. The molecule has 0 aliphatic carbocycles. The Bertz CT molecular complexity index is 382. The van der Waals surface area contributed by atoms with E-state index in [1.807, 2.05) is 6.07 Å². The van der Waals surface area contributed by atoms with Crippen LogP contribution in [0.15, 0.2) is 21.9 Å². The van der Waals surface area contributed by atoms with Gasteiger partial charge in [0.2, 0.25) is 11.8 Å². The van der Waals surface area contributed by atoms with Crippen LogP contribution in [0.1, 0.15) is 16.7 Å². The monoisotopic (exact) mass is 209 g/mol. The van der Waals surface area contributed by atoms with Crippen molar-refractivity contribution in [2.24, 2.45) is 0 Å². The van der Waals surface area contributed by atoms with E-state index in [4.69, 9.17) is 4.42 Å². The van der Waals surface area contributed by atoms with Crippen molar-refractivity contribution >= 4 is 11.3 Å². The van der Waals surface area contributed by atoms with Crippen LogP contribution in [0, 0.1) is 6.92 Å². The number of hydrogen-bond acceptors (Lipinski definition) is 5. The van der Waals surface area contributed by atoms with Gasteiger partial charge >= 0.3 is 0 Å². The van der Waals surface area contributed by atoms with E-state index in [0.717, 1.165) is 6.54 Å². The summed E-state index contributed by atoms with van der Waals surface area (Å²) in [4.78, 5) is 1.31. The van der Waals surface area contributed by atoms with E-state index in [-0.39, 0.29) is 0 Å². The highest BCUT2D eigenvalue weighted by molar-refractivity contribution is 7.09. The Balaban J connectivity index is 1.78. The molecular formula is C9H11N3OS. The number of aryl methyl sites for hydroxylation is 1. The van der Waals surface area contributed by atoms with Crippen LogP contribution >= 0.6 is 11.3 Å². The summed E-state index contributed by atoms with van der Waals surface area (Å²) in [7, 11) is 0. The fourth-order valence-electron chi connectivity index (χ4n) is 1.11. The molecule has 2 aromatic rings. The van der Waals surface area contributed by atoms with Gasteiger partial charge in [0.05, 0.1) is 6.54 Å². The lowest BCUT2D eigenvalue weighted by molar-refractivity contribution is 0.447. The normalized spacial score (nSPS) is 10.6. The van der Waals surface area contributed by atoms with Crippen molar-refractivity contribution in [3.63, 3.8) is 0 Å². The molecule has 0 amide bonds. The van der Waals surface area contributed by atoms with Gasteiger partial charge in [0.25, 0.3) is 0 Å². The summed E-state index contributed by atoms with van der Waals surface area (Å²) in [6.07, 6.45) is 0. The van der Waals surface area contributed by atoms with Crippen molar-refractivity contribution in [1.29, 1.82) is 0 Å². The summed E-state index contributed by atoms with van der Waals surface area (Å²) in [5, 5.41) is 12.9. The van der Waals surface area contributed by atoms with Crippen LogP contribution in [0.2, 0.25) is 0 Å². The number of aromatic nitrogens is 2. The third kappa shape index (κ3) is 2.40. The molecule has 2 rings (SSSR count). The van der Waals surface area contributed by atoms with Crippen LogP contribution in [0.3, 0.4) is 0 Å². The summed E-state index contributed by atoms with van der Waals surface area (Å²) in [5.74, 6) is 1.25. The molecule has 0 unspecified atom stereocenters. The molecule has 0 saturated heterocycles. The van der Waals surface area contributed by atoms with Crippen LogP contribution in [-0.4, -0.2) is 10.2 Å². The van der Waals surface area contributed by atoms with Gasteiger partial charge in [-0.25, -0.2) is 0 Å². The summed E-state index contributed by atoms with van der Waals surface area (Å²) in [6, 6.07) is 4.13. The molecular weight excluding hydrogens is 198 g/mol. The van der Waals surface area contributed by atoms with Crippen molar-refractivity contribution in [3.05, 3.63) is 34.2 Å². The van der Waals surface area contributed by atoms with E-state index >= 15 is 0 Å². The Morgan fingerprint density at radius 2 is 2.36 bits per heavy atom. The van der Waals surface area contributed by atoms with Crippen LogP contribution in [0.25, 0.3) is 0 Å². The van der Waals surface area contributed by atoms with Gasteiger partial charge in [-0.2, -0.15) is 0 Å². The maximum Gasteiger partial charge on any atom is 0.230 e. The summed E-state index contributed by atoms with van der Waals surface area (Å²) < 4.78 is 5.22. The van der Waals surface area contributed by atoms with Crippen LogP contribution in [0.4, 0.5) is 0 Å². The predicted octanol–water partition coefficient (Wildman–Crippen LogP) is 1.73. The SMILES string of the molecule is Cc1nnc(CNCc2cccs2)o1. The molecule has 0 aliphatic rings. The second-order valence-corrected chi connectivity index (χ2v) is 3.93. The quantitative estimate of drug-likeness (QED) is 0.833. The number of thiophene rings is 1. The molecule has 74 valence electrons. The number of nitrogens with one attached hydrogen (secondary N) is 1. The summed E-state index contributed by atoms with van der Waals surface area (Å²) >= 11 is 1.73. The summed E-state index contributed by atoms with van der Waals surface area (Å²) in [5.41, 5.74) is 0. The molecule has 0 fully saturated rings. The third-order valence-electron chi connectivity index (χ3n) is 1.72. The first kappa shape index (κ1) is 9.36. The Labute approximate surface area is 86.0 Å². The van der Waals surface area contributed by atoms with Crippen molar-refractivity contribution in [1.82, 2.24) is 15.5 Å². The zero-order valence-corrected chi connectivity index (χ0v) is 8.67. The lowest BCUT2D eigenvalue weighted by atomic mass is 10.4. The van der Waals surface area contributed by atoms with Crippen LogP contribution in [0.5, 0.6) is 0 Å². The van der Waals surface area contributed by atoms with E-state index < -0.39 is 0 Å². The van der Waals surface area contributed by atoms with Crippen molar-refractivity contribution in [2.75, 3.05) is 0 Å². The van der Waals surface area contributed by atoms with E-state index in [2.05, 4.69) is 27.0 Å². The molecule has 14 heavy (non-hydrogen) atoms. The van der Waals surface area contributed by atoms with E-state index in [1.54, 1.807) is 18.3 Å². The molecule has 2 heterocycles. The smallest absolute Gasteiger partial charge is 0.230 e. The van der Waals surface area contributed by atoms with Gasteiger partial charge in [-0.15, -0.1) is 21.5 Å². The first-order valence-corrected chi connectivity index (χ1v) is 5.24. The van der Waals surface area contributed by atoms with Crippen LogP contribution < -0.4 is 5.32 Å². The lowest BCUT2D eigenvalue weighted by Crippen LogP contribution is -2.11. The molecule has 0 bridgehead atoms. The molecule has 5 heteroatoms. The van der Waals surface area contributed by atoms with Gasteiger partial charge in [-0.1, -0.05) is 6.07 Å². The highest BCUT2D eigenvalue weighted by atomic mass is 32.1. The average molecular weight is 209 g/mol. The fraction of sp³-hybridized carbons (Fsp3) is 0.333.